The number of unbranched alkanes of at least 4 members (excludes halogenated alkanes) is 6. The Morgan fingerprint density at radius 1 is 1.00 bits per heavy atom. The van der Waals surface area contributed by atoms with Crippen LogP contribution in [-0.2, 0) is 15.9 Å². The summed E-state index contributed by atoms with van der Waals surface area (Å²) in [5, 5.41) is 0. The van der Waals surface area contributed by atoms with Crippen molar-refractivity contribution in [3.63, 3.8) is 0 Å². The van der Waals surface area contributed by atoms with E-state index in [2.05, 4.69) is 56.3 Å². The molecule has 3 heteroatoms. The quantitative estimate of drug-likeness (QED) is 0.209. The molecular formula is C26H43LiO2. The molecule has 0 spiro atoms. The van der Waals surface area contributed by atoms with E-state index in [1.54, 1.807) is 0 Å². The maximum atomic E-state index is 5.76. The van der Waals surface area contributed by atoms with Crippen molar-refractivity contribution in [3.05, 3.63) is 55.0 Å². The monoisotopic (exact) mass is 394 g/mol. The van der Waals surface area contributed by atoms with Gasteiger partial charge in [0, 0.05) is 13.2 Å². The second-order valence-electron chi connectivity index (χ2n) is 7.57. The third kappa shape index (κ3) is 18.0. The summed E-state index contributed by atoms with van der Waals surface area (Å²) in [4.78, 5) is 0. The van der Waals surface area contributed by atoms with Gasteiger partial charge in [0.25, 0.3) is 0 Å². The Balaban J connectivity index is 0.00000143. The van der Waals surface area contributed by atoms with Crippen LogP contribution in [0, 0.1) is 6.92 Å². The van der Waals surface area contributed by atoms with Gasteiger partial charge in [-0.3, -0.25) is 0 Å². The largest absolute Gasteiger partial charge is 1.00 e. The van der Waals surface area contributed by atoms with Gasteiger partial charge in [-0.2, -0.15) is 6.42 Å². The van der Waals surface area contributed by atoms with Gasteiger partial charge >= 0.3 is 18.9 Å². The van der Waals surface area contributed by atoms with Gasteiger partial charge in [0.05, 0.1) is 0 Å². The van der Waals surface area contributed by atoms with Crippen LogP contribution in [0.2, 0.25) is 0 Å². The van der Waals surface area contributed by atoms with E-state index < -0.39 is 0 Å². The SMILES string of the molecule is C(=CCCc1ccccc1)CCCCCCCOC1CCCCO1.[CH2-]CCC.[Li+]. The third-order valence-electron chi connectivity index (χ3n) is 4.92. The molecule has 29 heavy (non-hydrogen) atoms. The van der Waals surface area contributed by atoms with Crippen molar-refractivity contribution >= 4 is 0 Å². The summed E-state index contributed by atoms with van der Waals surface area (Å²) in [7, 11) is 0. The molecule has 0 radical (unpaired) electrons. The van der Waals surface area contributed by atoms with Crippen molar-refractivity contribution < 1.29 is 28.3 Å². The van der Waals surface area contributed by atoms with E-state index in [1.165, 1.54) is 63.4 Å². The molecule has 0 amide bonds. The minimum Gasteiger partial charge on any atom is -0.353 e. The third-order valence-corrected chi connectivity index (χ3v) is 4.92. The van der Waals surface area contributed by atoms with Gasteiger partial charge in [0.2, 0.25) is 0 Å². The van der Waals surface area contributed by atoms with Gasteiger partial charge in [0.1, 0.15) is 0 Å². The molecule has 0 aromatic heterocycles. The number of allylic oxidation sites excluding steroid dienone is 2. The zero-order chi connectivity index (χ0) is 20.1. The van der Waals surface area contributed by atoms with E-state index in [4.69, 9.17) is 9.47 Å². The maximum absolute atomic E-state index is 5.76. The molecule has 1 heterocycles. The van der Waals surface area contributed by atoms with Crippen LogP contribution in [0.4, 0.5) is 0 Å². The Hall–Kier alpha value is -0.523. The van der Waals surface area contributed by atoms with Crippen LogP contribution in [0.25, 0.3) is 0 Å². The van der Waals surface area contributed by atoms with E-state index in [0.29, 0.717) is 0 Å². The molecule has 1 atom stereocenters. The van der Waals surface area contributed by atoms with E-state index >= 15 is 0 Å². The molecule has 1 aliphatic heterocycles. The predicted molar refractivity (Wildman–Crippen MR) is 121 cm³/mol. The number of hydrogen-bond acceptors (Lipinski definition) is 2. The topological polar surface area (TPSA) is 18.5 Å². The maximum Gasteiger partial charge on any atom is 1.00 e. The van der Waals surface area contributed by atoms with Gasteiger partial charge in [-0.05, 0) is 56.9 Å². The number of hydrogen-bond donors (Lipinski definition) is 0. The summed E-state index contributed by atoms with van der Waals surface area (Å²) in [6.45, 7) is 7.47. The van der Waals surface area contributed by atoms with E-state index in [9.17, 15) is 0 Å². The van der Waals surface area contributed by atoms with Crippen LogP contribution >= 0.6 is 0 Å². The minimum absolute atomic E-state index is 0. The molecule has 1 aliphatic rings. The smallest absolute Gasteiger partial charge is 0.353 e. The number of benzene rings is 1. The fraction of sp³-hybridized carbons (Fsp3) is 0.654. The molecule has 1 unspecified atom stereocenters. The fourth-order valence-corrected chi connectivity index (χ4v) is 3.08. The van der Waals surface area contributed by atoms with Crippen LogP contribution < -0.4 is 18.9 Å². The molecule has 0 aliphatic carbocycles. The van der Waals surface area contributed by atoms with Crippen molar-refractivity contribution in [1.29, 1.82) is 0 Å². The van der Waals surface area contributed by atoms with Crippen LogP contribution in [0.15, 0.2) is 42.5 Å². The standard InChI is InChI=1S/C22H34O2.C4H9.Li/c1(2-4-6-9-15-21-16-10-8-11-17-21)3-5-7-13-19-23-22-18-12-14-20-24-22;1-3-4-2;/h4,6,8,10-11,16-17,22H,1-3,5,7,9,12-15,18-20H2;1,3-4H2,2H3;/q;-1;+1. The second kappa shape index (κ2) is 22.2. The van der Waals surface area contributed by atoms with Gasteiger partial charge in [-0.25, -0.2) is 0 Å². The molecule has 2 rings (SSSR count). The van der Waals surface area contributed by atoms with Gasteiger partial charge in [-0.1, -0.05) is 75.1 Å². The summed E-state index contributed by atoms with van der Waals surface area (Å²) in [6, 6.07) is 10.7. The first-order chi connectivity index (χ1) is 13.9. The average Bonchev–Trinajstić information content (AvgIpc) is 2.76. The molecule has 1 aromatic carbocycles. The minimum atomic E-state index is 0. The molecule has 2 nitrogen and oxygen atoms in total. The molecule has 1 saturated heterocycles. The first-order valence-electron chi connectivity index (χ1n) is 11.6. The molecule has 160 valence electrons. The average molecular weight is 395 g/mol. The van der Waals surface area contributed by atoms with Crippen molar-refractivity contribution in [1.82, 2.24) is 0 Å². The number of ether oxygens (including phenoxy) is 2. The Bertz CT molecular complexity index is 453. The number of rotatable bonds is 13. The number of aryl methyl sites for hydroxylation is 1. The second-order valence-corrected chi connectivity index (χ2v) is 7.57. The molecule has 0 N–H and O–H groups in total. The summed E-state index contributed by atoms with van der Waals surface area (Å²) in [5.74, 6) is 0. The predicted octanol–water partition coefficient (Wildman–Crippen LogP) is 4.68. The Morgan fingerprint density at radius 2 is 1.69 bits per heavy atom. The molecular weight excluding hydrogens is 351 g/mol. The van der Waals surface area contributed by atoms with Gasteiger partial charge in [0.15, 0.2) is 6.29 Å². The zero-order valence-electron chi connectivity index (χ0n) is 19.2. The normalized spacial score (nSPS) is 16.1. The van der Waals surface area contributed by atoms with Crippen molar-refractivity contribution in [3.8, 4) is 0 Å². The first kappa shape index (κ1) is 28.5. The van der Waals surface area contributed by atoms with Crippen molar-refractivity contribution in [2.24, 2.45) is 0 Å². The van der Waals surface area contributed by atoms with E-state index in [1.807, 2.05) is 0 Å². The van der Waals surface area contributed by atoms with Gasteiger partial charge < -0.3 is 16.4 Å². The van der Waals surface area contributed by atoms with E-state index in [-0.39, 0.29) is 25.2 Å². The summed E-state index contributed by atoms with van der Waals surface area (Å²) < 4.78 is 11.3. The van der Waals surface area contributed by atoms with Crippen molar-refractivity contribution in [2.45, 2.75) is 96.7 Å². The molecule has 0 saturated carbocycles. The Labute approximate surface area is 193 Å². The summed E-state index contributed by atoms with van der Waals surface area (Å²) >= 11 is 0. The Kier molecular flexibility index (Phi) is 21.8. The molecule has 0 bridgehead atoms. The van der Waals surface area contributed by atoms with Crippen LogP contribution in [0.1, 0.15) is 89.5 Å². The Morgan fingerprint density at radius 3 is 2.38 bits per heavy atom. The molecule has 1 fully saturated rings. The molecule has 1 aromatic rings. The van der Waals surface area contributed by atoms with E-state index in [0.717, 1.165) is 38.9 Å². The van der Waals surface area contributed by atoms with Gasteiger partial charge in [-0.15, -0.1) is 0 Å². The van der Waals surface area contributed by atoms with Crippen LogP contribution in [0.5, 0.6) is 0 Å². The summed E-state index contributed by atoms with van der Waals surface area (Å²) in [5.41, 5.74) is 1.43. The van der Waals surface area contributed by atoms with Crippen LogP contribution in [0.3, 0.4) is 0 Å². The van der Waals surface area contributed by atoms with Crippen molar-refractivity contribution in [2.75, 3.05) is 13.2 Å². The first-order valence-corrected chi connectivity index (χ1v) is 11.6. The summed E-state index contributed by atoms with van der Waals surface area (Å²) in [6.07, 6.45) is 20.5. The fourth-order valence-electron chi connectivity index (χ4n) is 3.08. The van der Waals surface area contributed by atoms with Crippen LogP contribution in [-0.4, -0.2) is 19.5 Å². The zero-order valence-corrected chi connectivity index (χ0v) is 19.2.